The molecule has 1 saturated carbocycles. The maximum absolute atomic E-state index is 9.76. The van der Waals surface area contributed by atoms with E-state index in [9.17, 15) is 5.11 Å². The third-order valence-corrected chi connectivity index (χ3v) is 4.59. The fourth-order valence-electron chi connectivity index (χ4n) is 2.99. The van der Waals surface area contributed by atoms with Gasteiger partial charge in [-0.25, -0.2) is 0 Å². The number of likely N-dealkylation sites (N-methyl/N-ethyl adjacent to an activating group) is 1. The largest absolute Gasteiger partial charge is 0.394 e. The number of aliphatic hydroxyl groups excluding tert-OH is 1. The number of hydrogen-bond donors (Lipinski definition) is 2. The first-order chi connectivity index (χ1) is 8.65. The van der Waals surface area contributed by atoms with Crippen LogP contribution in [0.15, 0.2) is 0 Å². The highest BCUT2D eigenvalue weighted by Crippen LogP contribution is 2.29. The molecule has 1 rings (SSSR count). The number of aliphatic hydroxyl groups is 1. The van der Waals surface area contributed by atoms with E-state index >= 15 is 0 Å². The molecule has 0 bridgehead atoms. The first kappa shape index (κ1) is 15.9. The summed E-state index contributed by atoms with van der Waals surface area (Å²) in [6, 6.07) is 0. The summed E-state index contributed by atoms with van der Waals surface area (Å²) in [5.41, 5.74) is -0.00207. The van der Waals surface area contributed by atoms with Gasteiger partial charge in [-0.2, -0.15) is 0 Å². The Morgan fingerprint density at radius 1 is 1.22 bits per heavy atom. The summed E-state index contributed by atoms with van der Waals surface area (Å²) in [5, 5.41) is 13.4. The van der Waals surface area contributed by atoms with Gasteiger partial charge in [0, 0.05) is 18.6 Å². The molecule has 0 aliphatic heterocycles. The van der Waals surface area contributed by atoms with Gasteiger partial charge in [0.15, 0.2) is 0 Å². The molecule has 2 unspecified atom stereocenters. The fraction of sp³-hybridized carbons (Fsp3) is 1.00. The van der Waals surface area contributed by atoms with E-state index in [2.05, 4.69) is 31.0 Å². The van der Waals surface area contributed by atoms with Crippen molar-refractivity contribution in [2.24, 2.45) is 5.92 Å². The van der Waals surface area contributed by atoms with Crippen molar-refractivity contribution in [3.05, 3.63) is 0 Å². The van der Waals surface area contributed by atoms with Crippen molar-refractivity contribution in [3.63, 3.8) is 0 Å². The van der Waals surface area contributed by atoms with Crippen LogP contribution in [0.4, 0.5) is 0 Å². The molecule has 0 saturated heterocycles. The normalized spacial score (nSPS) is 29.5. The summed E-state index contributed by atoms with van der Waals surface area (Å²) >= 11 is 0. The van der Waals surface area contributed by atoms with Crippen LogP contribution in [0.2, 0.25) is 0 Å². The maximum atomic E-state index is 9.76. The molecule has 2 N–H and O–H groups in total. The third kappa shape index (κ3) is 4.87. The van der Waals surface area contributed by atoms with Gasteiger partial charge >= 0.3 is 0 Å². The van der Waals surface area contributed by atoms with Crippen molar-refractivity contribution >= 4 is 0 Å². The molecule has 0 aromatic heterocycles. The molecule has 0 aromatic rings. The second kappa shape index (κ2) is 8.13. The van der Waals surface area contributed by atoms with Gasteiger partial charge in [0.25, 0.3) is 0 Å². The lowest BCUT2D eigenvalue weighted by Crippen LogP contribution is -2.50. The van der Waals surface area contributed by atoms with Gasteiger partial charge in [-0.3, -0.25) is 0 Å². The molecule has 0 aromatic carbocycles. The first-order valence-electron chi connectivity index (χ1n) is 7.74. The Morgan fingerprint density at radius 2 is 1.94 bits per heavy atom. The Labute approximate surface area is 113 Å². The highest BCUT2D eigenvalue weighted by atomic mass is 16.3. The van der Waals surface area contributed by atoms with E-state index in [0.29, 0.717) is 0 Å². The summed E-state index contributed by atoms with van der Waals surface area (Å²) in [6.45, 7) is 11.3. The average Bonchev–Trinajstić information content (AvgIpc) is 2.58. The van der Waals surface area contributed by atoms with Gasteiger partial charge in [-0.1, -0.05) is 33.6 Å². The van der Waals surface area contributed by atoms with E-state index in [4.69, 9.17) is 0 Å². The zero-order chi connectivity index (χ0) is 13.4. The van der Waals surface area contributed by atoms with E-state index in [0.717, 1.165) is 44.9 Å². The van der Waals surface area contributed by atoms with Crippen LogP contribution >= 0.6 is 0 Å². The lowest BCUT2D eigenvalue weighted by Gasteiger charge is -2.33. The van der Waals surface area contributed by atoms with Crippen LogP contribution in [0.25, 0.3) is 0 Å². The minimum absolute atomic E-state index is 0.00207. The SMILES string of the molecule is CCN(CC)CCNC1(CO)CCCC(C)CC1. The topological polar surface area (TPSA) is 35.5 Å². The van der Waals surface area contributed by atoms with Crippen LogP contribution in [-0.2, 0) is 0 Å². The zero-order valence-electron chi connectivity index (χ0n) is 12.5. The summed E-state index contributed by atoms with van der Waals surface area (Å²) in [5.74, 6) is 0.822. The van der Waals surface area contributed by atoms with Gasteiger partial charge in [-0.15, -0.1) is 0 Å². The Bertz CT molecular complexity index is 219. The summed E-state index contributed by atoms with van der Waals surface area (Å²) in [7, 11) is 0. The summed E-state index contributed by atoms with van der Waals surface area (Å²) in [6.07, 6.45) is 6.08. The number of rotatable bonds is 7. The molecule has 18 heavy (non-hydrogen) atoms. The Kier molecular flexibility index (Phi) is 7.20. The lowest BCUT2D eigenvalue weighted by atomic mass is 9.90. The quantitative estimate of drug-likeness (QED) is 0.686. The van der Waals surface area contributed by atoms with E-state index in [1.54, 1.807) is 0 Å². The fourth-order valence-corrected chi connectivity index (χ4v) is 2.99. The highest BCUT2D eigenvalue weighted by Gasteiger charge is 2.30. The minimum atomic E-state index is -0.00207. The molecule has 3 heteroatoms. The first-order valence-corrected chi connectivity index (χ1v) is 7.74. The molecule has 1 aliphatic rings. The number of hydrogen-bond acceptors (Lipinski definition) is 3. The highest BCUT2D eigenvalue weighted by molar-refractivity contribution is 4.90. The van der Waals surface area contributed by atoms with Gasteiger partial charge in [0.1, 0.15) is 0 Å². The molecule has 3 nitrogen and oxygen atoms in total. The standard InChI is InChI=1S/C15H32N2O/c1-4-17(5-2)12-11-16-15(13-18)9-6-7-14(3)8-10-15/h14,16,18H,4-13H2,1-3H3. The maximum Gasteiger partial charge on any atom is 0.0613 e. The number of nitrogens with zero attached hydrogens (tertiary/aromatic N) is 1. The van der Waals surface area contributed by atoms with Crippen molar-refractivity contribution in [1.82, 2.24) is 10.2 Å². The second-order valence-corrected chi connectivity index (χ2v) is 5.93. The molecule has 0 radical (unpaired) electrons. The molecule has 0 heterocycles. The molecular formula is C15H32N2O. The van der Waals surface area contributed by atoms with Gasteiger partial charge < -0.3 is 15.3 Å². The van der Waals surface area contributed by atoms with Gasteiger partial charge in [0.2, 0.25) is 0 Å². The van der Waals surface area contributed by atoms with Crippen molar-refractivity contribution in [2.45, 2.75) is 58.4 Å². The van der Waals surface area contributed by atoms with E-state index in [1.165, 1.54) is 19.3 Å². The smallest absolute Gasteiger partial charge is 0.0613 e. The predicted molar refractivity (Wildman–Crippen MR) is 77.9 cm³/mol. The van der Waals surface area contributed by atoms with Crippen molar-refractivity contribution < 1.29 is 5.11 Å². The molecule has 0 spiro atoms. The minimum Gasteiger partial charge on any atom is -0.394 e. The Balaban J connectivity index is 2.39. The van der Waals surface area contributed by atoms with Crippen LogP contribution in [-0.4, -0.2) is 48.3 Å². The van der Waals surface area contributed by atoms with Gasteiger partial charge in [-0.05, 0) is 38.3 Å². The lowest BCUT2D eigenvalue weighted by molar-refractivity contribution is 0.138. The van der Waals surface area contributed by atoms with Crippen LogP contribution in [0, 0.1) is 5.92 Å². The van der Waals surface area contributed by atoms with Crippen LogP contribution in [0.3, 0.4) is 0 Å². The van der Waals surface area contributed by atoms with E-state index in [-0.39, 0.29) is 12.1 Å². The Morgan fingerprint density at radius 3 is 2.56 bits per heavy atom. The summed E-state index contributed by atoms with van der Waals surface area (Å²) in [4.78, 5) is 2.43. The molecule has 108 valence electrons. The molecule has 2 atom stereocenters. The third-order valence-electron chi connectivity index (χ3n) is 4.59. The van der Waals surface area contributed by atoms with E-state index in [1.807, 2.05) is 0 Å². The van der Waals surface area contributed by atoms with Crippen molar-refractivity contribution in [1.29, 1.82) is 0 Å². The second-order valence-electron chi connectivity index (χ2n) is 5.93. The average molecular weight is 256 g/mol. The molecule has 1 aliphatic carbocycles. The van der Waals surface area contributed by atoms with Crippen molar-refractivity contribution in [2.75, 3.05) is 32.8 Å². The predicted octanol–water partition coefficient (Wildman–Crippen LogP) is 2.25. The van der Waals surface area contributed by atoms with Crippen LogP contribution in [0.1, 0.15) is 52.9 Å². The molecule has 0 amide bonds. The Hall–Kier alpha value is -0.120. The summed E-state index contributed by atoms with van der Waals surface area (Å²) < 4.78 is 0. The number of nitrogens with one attached hydrogen (secondary N) is 1. The zero-order valence-corrected chi connectivity index (χ0v) is 12.5. The van der Waals surface area contributed by atoms with Crippen LogP contribution < -0.4 is 5.32 Å². The molecular weight excluding hydrogens is 224 g/mol. The van der Waals surface area contributed by atoms with Crippen LogP contribution in [0.5, 0.6) is 0 Å². The van der Waals surface area contributed by atoms with Crippen molar-refractivity contribution in [3.8, 4) is 0 Å². The molecule has 1 fully saturated rings. The monoisotopic (exact) mass is 256 g/mol. The van der Waals surface area contributed by atoms with E-state index < -0.39 is 0 Å². The van der Waals surface area contributed by atoms with Gasteiger partial charge in [0.05, 0.1) is 6.61 Å².